The highest BCUT2D eigenvalue weighted by Gasteiger charge is 2.19. The maximum absolute atomic E-state index is 11.5. The van der Waals surface area contributed by atoms with Crippen LogP contribution in [0.3, 0.4) is 0 Å². The Morgan fingerprint density at radius 1 is 1.54 bits per heavy atom. The van der Waals surface area contributed by atoms with Crippen LogP contribution in [0.1, 0.15) is 33.6 Å². The number of Topliss-reactive ketones (excluding diaryl/α,β-unsaturated/α-hetero) is 1. The van der Waals surface area contributed by atoms with E-state index in [9.17, 15) is 4.79 Å². The molecule has 1 unspecified atom stereocenters. The van der Waals surface area contributed by atoms with Gasteiger partial charge in [-0.3, -0.25) is 4.79 Å². The molecule has 1 aliphatic rings. The van der Waals surface area contributed by atoms with Crippen molar-refractivity contribution in [2.75, 3.05) is 5.75 Å². The van der Waals surface area contributed by atoms with Gasteiger partial charge in [0.25, 0.3) is 0 Å². The normalized spacial score (nSPS) is 24.3. The van der Waals surface area contributed by atoms with Crippen molar-refractivity contribution in [3.05, 3.63) is 10.5 Å². The molecule has 0 aromatic carbocycles. The van der Waals surface area contributed by atoms with Gasteiger partial charge in [-0.1, -0.05) is 19.7 Å². The van der Waals surface area contributed by atoms with Gasteiger partial charge in [-0.05, 0) is 29.9 Å². The van der Waals surface area contributed by atoms with Crippen molar-refractivity contribution in [2.24, 2.45) is 5.92 Å². The minimum atomic E-state index is 0.109. The topological polar surface area (TPSA) is 17.1 Å². The minimum Gasteiger partial charge on any atom is -0.295 e. The fourth-order valence-electron chi connectivity index (χ4n) is 1.54. The Morgan fingerprint density at radius 3 is 2.69 bits per heavy atom. The van der Waals surface area contributed by atoms with E-state index in [2.05, 4.69) is 19.7 Å². The van der Waals surface area contributed by atoms with Crippen LogP contribution in [0, 0.1) is 5.92 Å². The first-order valence-corrected chi connectivity index (χ1v) is 6.32. The molecule has 0 radical (unpaired) electrons. The van der Waals surface area contributed by atoms with Crippen LogP contribution >= 0.6 is 10.5 Å². The number of carbonyl (C=O) groups excluding carboxylic acids is 1. The summed E-state index contributed by atoms with van der Waals surface area (Å²) in [6.07, 6.45) is 1.75. The van der Waals surface area contributed by atoms with Gasteiger partial charge < -0.3 is 0 Å². The van der Waals surface area contributed by atoms with Gasteiger partial charge in [-0.15, -0.1) is 0 Å². The molecule has 0 fully saturated rings. The molecule has 1 rings (SSSR count). The second kappa shape index (κ2) is 4.23. The van der Waals surface area contributed by atoms with Crippen LogP contribution in [0.4, 0.5) is 0 Å². The first-order chi connectivity index (χ1) is 6.02. The summed E-state index contributed by atoms with van der Waals surface area (Å²) < 4.78 is 0. The minimum absolute atomic E-state index is 0.109. The van der Waals surface area contributed by atoms with Gasteiger partial charge in [-0.25, -0.2) is 0 Å². The van der Waals surface area contributed by atoms with E-state index in [1.165, 1.54) is 4.91 Å². The van der Waals surface area contributed by atoms with E-state index >= 15 is 0 Å². The summed E-state index contributed by atoms with van der Waals surface area (Å²) >= 11 is 0. The Bertz CT molecular complexity index is 274. The van der Waals surface area contributed by atoms with E-state index in [-0.39, 0.29) is 10.5 Å². The summed E-state index contributed by atoms with van der Waals surface area (Å²) in [5.74, 6) is 6.07. The lowest BCUT2D eigenvalue weighted by Gasteiger charge is -2.21. The largest absolute Gasteiger partial charge is 0.295 e. The van der Waals surface area contributed by atoms with E-state index in [4.69, 9.17) is 0 Å². The summed E-state index contributed by atoms with van der Waals surface area (Å²) in [6, 6.07) is 0. The molecule has 0 aliphatic carbocycles. The van der Waals surface area contributed by atoms with Crippen molar-refractivity contribution in [3.8, 4) is 0 Å². The maximum Gasteiger partial charge on any atom is 0.160 e. The van der Waals surface area contributed by atoms with E-state index in [0.29, 0.717) is 18.1 Å². The first kappa shape index (κ1) is 10.7. The summed E-state index contributed by atoms with van der Waals surface area (Å²) in [7, 11) is 0.109. The molecule has 1 nitrogen and oxygen atoms in total. The molecule has 2 heteroatoms. The number of hydrogen-bond acceptors (Lipinski definition) is 1. The Morgan fingerprint density at radius 2 is 2.15 bits per heavy atom. The quantitative estimate of drug-likeness (QED) is 0.623. The highest BCUT2D eigenvalue weighted by Crippen LogP contribution is 2.36. The van der Waals surface area contributed by atoms with Gasteiger partial charge in [0.15, 0.2) is 5.78 Å². The van der Waals surface area contributed by atoms with Crippen LogP contribution < -0.4 is 0 Å². The van der Waals surface area contributed by atoms with E-state index in [1.54, 1.807) is 0 Å². The third-order valence-corrected chi connectivity index (χ3v) is 4.22. The zero-order valence-electron chi connectivity index (χ0n) is 8.72. The molecule has 1 atom stereocenters. The van der Waals surface area contributed by atoms with Crippen molar-refractivity contribution in [2.45, 2.75) is 33.6 Å². The van der Waals surface area contributed by atoms with Gasteiger partial charge in [0.2, 0.25) is 0 Å². The molecule has 0 saturated heterocycles. The second-order valence-electron chi connectivity index (χ2n) is 4.02. The number of allylic oxidation sites excluding steroid dienone is 2. The fraction of sp³-hybridized carbons (Fsp3) is 0.636. The van der Waals surface area contributed by atoms with Gasteiger partial charge in [0, 0.05) is 12.0 Å². The van der Waals surface area contributed by atoms with Gasteiger partial charge in [0.1, 0.15) is 0 Å². The van der Waals surface area contributed by atoms with Crippen molar-refractivity contribution >= 4 is 22.1 Å². The molecule has 13 heavy (non-hydrogen) atoms. The average Bonchev–Trinajstić information content (AvgIpc) is 2.05. The third kappa shape index (κ3) is 2.53. The molecule has 0 spiro atoms. The fourth-order valence-corrected chi connectivity index (χ4v) is 3.33. The van der Waals surface area contributed by atoms with Crippen molar-refractivity contribution in [3.63, 3.8) is 0 Å². The molecule has 0 N–H and O–H groups in total. The monoisotopic (exact) mass is 198 g/mol. The summed E-state index contributed by atoms with van der Waals surface area (Å²) in [4.78, 5) is 12.8. The smallest absolute Gasteiger partial charge is 0.160 e. The van der Waals surface area contributed by atoms with E-state index in [0.717, 1.165) is 17.7 Å². The standard InChI is InChI=1S/C11H18OS/c1-8(2)7-11-9(3)10(12)5-6-13(11)4/h8H,4-7H2,1-3H3. The van der Waals surface area contributed by atoms with Gasteiger partial charge >= 0.3 is 0 Å². The summed E-state index contributed by atoms with van der Waals surface area (Å²) in [6.45, 7) is 6.34. The number of carbonyl (C=O) groups is 1. The summed E-state index contributed by atoms with van der Waals surface area (Å²) in [5.41, 5.74) is 0.998. The van der Waals surface area contributed by atoms with Crippen LogP contribution in [0.2, 0.25) is 0 Å². The number of ketones is 1. The van der Waals surface area contributed by atoms with Gasteiger partial charge in [0.05, 0.1) is 0 Å². The average molecular weight is 198 g/mol. The molecule has 0 saturated carbocycles. The highest BCUT2D eigenvalue weighted by atomic mass is 32.2. The Balaban J connectivity index is 2.92. The molecule has 1 aliphatic heterocycles. The highest BCUT2D eigenvalue weighted by molar-refractivity contribution is 8.17. The molecule has 0 aromatic rings. The molecule has 0 amide bonds. The zero-order valence-corrected chi connectivity index (χ0v) is 9.54. The van der Waals surface area contributed by atoms with Crippen molar-refractivity contribution in [1.82, 2.24) is 0 Å². The summed E-state index contributed by atoms with van der Waals surface area (Å²) in [5, 5.41) is 0. The Kier molecular flexibility index (Phi) is 3.48. The third-order valence-electron chi connectivity index (χ3n) is 2.35. The molecular formula is C11H18OS. The molecule has 74 valence electrons. The van der Waals surface area contributed by atoms with Crippen molar-refractivity contribution in [1.29, 1.82) is 0 Å². The SMILES string of the molecule is C=S1CCC(=O)C(C)=C1CC(C)C. The lowest BCUT2D eigenvalue weighted by atomic mass is 10.0. The Labute approximate surface area is 83.1 Å². The van der Waals surface area contributed by atoms with Crippen LogP contribution in [-0.4, -0.2) is 17.4 Å². The first-order valence-electron chi connectivity index (χ1n) is 4.76. The van der Waals surface area contributed by atoms with Crippen molar-refractivity contribution < 1.29 is 4.79 Å². The molecule has 0 bridgehead atoms. The number of rotatable bonds is 2. The lowest BCUT2D eigenvalue weighted by Crippen LogP contribution is -2.11. The maximum atomic E-state index is 11.5. The lowest BCUT2D eigenvalue weighted by molar-refractivity contribution is -0.115. The van der Waals surface area contributed by atoms with Crippen LogP contribution in [0.5, 0.6) is 0 Å². The second-order valence-corrected chi connectivity index (χ2v) is 5.90. The number of hydrogen-bond donors (Lipinski definition) is 0. The van der Waals surface area contributed by atoms with E-state index in [1.807, 2.05) is 6.92 Å². The zero-order chi connectivity index (χ0) is 10.0. The van der Waals surface area contributed by atoms with Crippen LogP contribution in [0.15, 0.2) is 10.5 Å². The molecular weight excluding hydrogens is 180 g/mol. The van der Waals surface area contributed by atoms with Crippen LogP contribution in [-0.2, 0) is 4.79 Å². The van der Waals surface area contributed by atoms with Crippen LogP contribution in [0.25, 0.3) is 0 Å². The molecule has 0 aromatic heterocycles. The predicted molar refractivity (Wildman–Crippen MR) is 61.4 cm³/mol. The predicted octanol–water partition coefficient (Wildman–Crippen LogP) is 2.98. The van der Waals surface area contributed by atoms with E-state index < -0.39 is 0 Å². The van der Waals surface area contributed by atoms with Gasteiger partial charge in [-0.2, -0.15) is 10.5 Å². The Hall–Kier alpha value is -0.370. The molecule has 1 heterocycles.